The van der Waals surface area contributed by atoms with Crippen molar-refractivity contribution < 1.29 is 0 Å². The maximum atomic E-state index is 3.62. The van der Waals surface area contributed by atoms with Crippen molar-refractivity contribution in [2.45, 2.75) is 20.8 Å². The Morgan fingerprint density at radius 1 is 1.33 bits per heavy atom. The SMILES string of the molecule is Cc1ccc(Br)c(N2CC(C(C)C)C2)c1. The molecule has 1 heterocycles. The molecule has 1 nitrogen and oxygen atoms in total. The lowest BCUT2D eigenvalue weighted by Crippen LogP contribution is -2.49. The van der Waals surface area contributed by atoms with Crippen LogP contribution in [-0.4, -0.2) is 13.1 Å². The molecule has 1 aliphatic rings. The van der Waals surface area contributed by atoms with Crippen molar-refractivity contribution in [2.75, 3.05) is 18.0 Å². The Morgan fingerprint density at radius 2 is 2.00 bits per heavy atom. The molecule has 0 saturated carbocycles. The molecule has 0 N–H and O–H groups in total. The Kier molecular flexibility index (Phi) is 3.06. The summed E-state index contributed by atoms with van der Waals surface area (Å²) in [5, 5.41) is 0. The lowest BCUT2D eigenvalue weighted by molar-refractivity contribution is 0.309. The minimum Gasteiger partial charge on any atom is -0.370 e. The first-order valence-electron chi connectivity index (χ1n) is 5.59. The van der Waals surface area contributed by atoms with Gasteiger partial charge in [0.25, 0.3) is 0 Å². The molecule has 0 amide bonds. The molecule has 82 valence electrons. The molecule has 0 aromatic heterocycles. The highest BCUT2D eigenvalue weighted by Crippen LogP contribution is 2.34. The zero-order valence-corrected chi connectivity index (χ0v) is 11.2. The van der Waals surface area contributed by atoms with Crippen molar-refractivity contribution in [1.82, 2.24) is 0 Å². The third-order valence-corrected chi connectivity index (χ3v) is 3.97. The molecule has 2 rings (SSSR count). The van der Waals surface area contributed by atoms with Crippen LogP contribution in [0.3, 0.4) is 0 Å². The maximum Gasteiger partial charge on any atom is 0.0513 e. The van der Waals surface area contributed by atoms with Crippen molar-refractivity contribution >= 4 is 21.6 Å². The number of anilines is 1. The van der Waals surface area contributed by atoms with Gasteiger partial charge in [-0.2, -0.15) is 0 Å². The molecule has 1 aliphatic heterocycles. The number of hydrogen-bond acceptors (Lipinski definition) is 1. The summed E-state index contributed by atoms with van der Waals surface area (Å²) in [7, 11) is 0. The molecule has 0 atom stereocenters. The highest BCUT2D eigenvalue weighted by Gasteiger charge is 2.29. The van der Waals surface area contributed by atoms with Crippen LogP contribution in [0.5, 0.6) is 0 Å². The molecule has 0 radical (unpaired) electrons. The topological polar surface area (TPSA) is 3.24 Å². The van der Waals surface area contributed by atoms with Gasteiger partial charge in [0, 0.05) is 17.6 Å². The van der Waals surface area contributed by atoms with Gasteiger partial charge in [0.05, 0.1) is 5.69 Å². The molecule has 15 heavy (non-hydrogen) atoms. The zero-order chi connectivity index (χ0) is 11.0. The quantitative estimate of drug-likeness (QED) is 0.787. The van der Waals surface area contributed by atoms with E-state index in [1.807, 2.05) is 0 Å². The van der Waals surface area contributed by atoms with Crippen molar-refractivity contribution in [2.24, 2.45) is 11.8 Å². The highest BCUT2D eigenvalue weighted by atomic mass is 79.9. The molecule has 1 aromatic carbocycles. The van der Waals surface area contributed by atoms with Gasteiger partial charge in [-0.1, -0.05) is 19.9 Å². The van der Waals surface area contributed by atoms with Crippen LogP contribution in [0.25, 0.3) is 0 Å². The van der Waals surface area contributed by atoms with Gasteiger partial charge < -0.3 is 4.90 Å². The molecule has 1 fully saturated rings. The van der Waals surface area contributed by atoms with Crippen LogP contribution in [0.4, 0.5) is 5.69 Å². The molecule has 0 aliphatic carbocycles. The van der Waals surface area contributed by atoms with Crippen molar-refractivity contribution in [1.29, 1.82) is 0 Å². The molecular formula is C13H18BrN. The second kappa shape index (κ2) is 4.17. The second-order valence-corrected chi connectivity index (χ2v) is 5.72. The standard InChI is InChI=1S/C13H18BrN/c1-9(2)11-7-15(8-11)13-6-10(3)4-5-12(13)14/h4-6,9,11H,7-8H2,1-3H3. The second-order valence-electron chi connectivity index (χ2n) is 4.86. The molecule has 2 heteroatoms. The van der Waals surface area contributed by atoms with Gasteiger partial charge in [0.2, 0.25) is 0 Å². The van der Waals surface area contributed by atoms with Crippen molar-refractivity contribution in [3.05, 3.63) is 28.2 Å². The first kappa shape index (κ1) is 11.0. The predicted molar refractivity (Wildman–Crippen MR) is 69.4 cm³/mol. The van der Waals surface area contributed by atoms with E-state index in [0.717, 1.165) is 11.8 Å². The highest BCUT2D eigenvalue weighted by molar-refractivity contribution is 9.10. The number of hydrogen-bond donors (Lipinski definition) is 0. The van der Waals surface area contributed by atoms with Crippen LogP contribution in [0.2, 0.25) is 0 Å². The van der Waals surface area contributed by atoms with E-state index in [1.54, 1.807) is 0 Å². The molecule has 0 bridgehead atoms. The maximum absolute atomic E-state index is 3.62. The third-order valence-electron chi connectivity index (χ3n) is 3.29. The fourth-order valence-corrected chi connectivity index (χ4v) is 2.49. The minimum absolute atomic E-state index is 0.810. The van der Waals surface area contributed by atoms with Crippen molar-refractivity contribution in [3.63, 3.8) is 0 Å². The van der Waals surface area contributed by atoms with E-state index in [-0.39, 0.29) is 0 Å². The van der Waals surface area contributed by atoms with Gasteiger partial charge in [0.1, 0.15) is 0 Å². The summed E-state index contributed by atoms with van der Waals surface area (Å²) in [5.74, 6) is 1.68. The van der Waals surface area contributed by atoms with E-state index in [0.29, 0.717) is 0 Å². The Labute approximate surface area is 101 Å². The van der Waals surface area contributed by atoms with Gasteiger partial charge in [0.15, 0.2) is 0 Å². The van der Waals surface area contributed by atoms with Crippen LogP contribution < -0.4 is 4.90 Å². The number of aryl methyl sites for hydroxylation is 1. The van der Waals surface area contributed by atoms with Crippen LogP contribution in [0.15, 0.2) is 22.7 Å². The van der Waals surface area contributed by atoms with E-state index in [2.05, 4.69) is 59.8 Å². The van der Waals surface area contributed by atoms with E-state index >= 15 is 0 Å². The lowest BCUT2D eigenvalue weighted by Gasteiger charge is -2.43. The van der Waals surface area contributed by atoms with E-state index in [4.69, 9.17) is 0 Å². The first-order valence-corrected chi connectivity index (χ1v) is 6.38. The summed E-state index contributed by atoms with van der Waals surface area (Å²) in [4.78, 5) is 2.46. The Hall–Kier alpha value is -0.500. The first-order chi connectivity index (χ1) is 7.08. The summed E-state index contributed by atoms with van der Waals surface area (Å²) < 4.78 is 1.22. The average molecular weight is 268 g/mol. The molecule has 1 aromatic rings. The molecule has 1 saturated heterocycles. The smallest absolute Gasteiger partial charge is 0.0513 e. The summed E-state index contributed by atoms with van der Waals surface area (Å²) in [6.45, 7) is 9.19. The molecule has 0 unspecified atom stereocenters. The van der Waals surface area contributed by atoms with E-state index < -0.39 is 0 Å². The summed E-state index contributed by atoms with van der Waals surface area (Å²) in [6, 6.07) is 6.56. The minimum atomic E-state index is 0.810. The average Bonchev–Trinajstić information content (AvgIpc) is 2.08. The number of halogens is 1. The Morgan fingerprint density at radius 3 is 2.60 bits per heavy atom. The van der Waals surface area contributed by atoms with Gasteiger partial charge in [-0.05, 0) is 52.4 Å². The summed E-state index contributed by atoms with van der Waals surface area (Å²) in [6.07, 6.45) is 0. The largest absolute Gasteiger partial charge is 0.370 e. The predicted octanol–water partition coefficient (Wildman–Crippen LogP) is 3.85. The van der Waals surface area contributed by atoms with Crippen LogP contribution in [0.1, 0.15) is 19.4 Å². The van der Waals surface area contributed by atoms with E-state index in [9.17, 15) is 0 Å². The normalized spacial score (nSPS) is 17.0. The zero-order valence-electron chi connectivity index (χ0n) is 9.63. The van der Waals surface area contributed by atoms with Crippen LogP contribution >= 0.6 is 15.9 Å². The number of rotatable bonds is 2. The molecule has 0 spiro atoms. The fourth-order valence-electron chi connectivity index (χ4n) is 2.00. The van der Waals surface area contributed by atoms with E-state index in [1.165, 1.54) is 28.8 Å². The Balaban J connectivity index is 2.09. The van der Waals surface area contributed by atoms with Crippen LogP contribution in [-0.2, 0) is 0 Å². The third kappa shape index (κ3) is 2.20. The van der Waals surface area contributed by atoms with Gasteiger partial charge >= 0.3 is 0 Å². The van der Waals surface area contributed by atoms with Gasteiger partial charge in [-0.3, -0.25) is 0 Å². The van der Waals surface area contributed by atoms with Gasteiger partial charge in [-0.25, -0.2) is 0 Å². The van der Waals surface area contributed by atoms with Crippen molar-refractivity contribution in [3.8, 4) is 0 Å². The van der Waals surface area contributed by atoms with Crippen LogP contribution in [0, 0.1) is 18.8 Å². The Bertz CT molecular complexity index is 354. The lowest BCUT2D eigenvalue weighted by atomic mass is 9.88. The number of nitrogens with zero attached hydrogens (tertiary/aromatic N) is 1. The fraction of sp³-hybridized carbons (Fsp3) is 0.538. The monoisotopic (exact) mass is 267 g/mol. The summed E-state index contributed by atoms with van der Waals surface area (Å²) >= 11 is 3.62. The summed E-state index contributed by atoms with van der Waals surface area (Å²) in [5.41, 5.74) is 2.69. The molecular weight excluding hydrogens is 250 g/mol. The number of benzene rings is 1. The van der Waals surface area contributed by atoms with Gasteiger partial charge in [-0.15, -0.1) is 0 Å².